The number of benzene rings is 1. The van der Waals surface area contributed by atoms with Gasteiger partial charge in [0.15, 0.2) is 0 Å². The number of hydrogen-bond acceptors (Lipinski definition) is 3. The van der Waals surface area contributed by atoms with Crippen LogP contribution >= 0.6 is 23.4 Å². The zero-order valence-corrected chi connectivity index (χ0v) is 10.7. The van der Waals surface area contributed by atoms with Gasteiger partial charge in [-0.2, -0.15) is 0 Å². The monoisotopic (exact) mass is 259 g/mol. The van der Waals surface area contributed by atoms with Gasteiger partial charge in [0.1, 0.15) is 5.54 Å². The number of carbonyl (C=O) groups is 1. The Morgan fingerprint density at radius 1 is 1.62 bits per heavy atom. The molecule has 3 nitrogen and oxygen atoms in total. The third-order valence-corrected chi connectivity index (χ3v) is 3.89. The summed E-state index contributed by atoms with van der Waals surface area (Å²) in [5.74, 6) is -0.413. The largest absolute Gasteiger partial charge is 0.480 e. The fourth-order valence-electron chi connectivity index (χ4n) is 1.03. The molecule has 0 fully saturated rings. The molecule has 0 radical (unpaired) electrons. The van der Waals surface area contributed by atoms with Crippen LogP contribution in [0.5, 0.6) is 0 Å². The average Bonchev–Trinajstić information content (AvgIpc) is 2.26. The Labute approximate surface area is 104 Å². The number of thioether (sulfide) groups is 1. The van der Waals surface area contributed by atoms with Crippen LogP contribution in [0, 0.1) is 0 Å². The van der Waals surface area contributed by atoms with Crippen molar-refractivity contribution in [3.63, 3.8) is 0 Å². The fraction of sp³-hybridized carbons (Fsp3) is 0.364. The summed E-state index contributed by atoms with van der Waals surface area (Å²) in [7, 11) is 1.65. The lowest BCUT2D eigenvalue weighted by Gasteiger charge is -2.23. The van der Waals surface area contributed by atoms with E-state index < -0.39 is 11.5 Å². The molecule has 1 atom stereocenters. The van der Waals surface area contributed by atoms with E-state index in [9.17, 15) is 4.79 Å². The third kappa shape index (κ3) is 3.40. The molecule has 0 saturated carbocycles. The number of aliphatic carboxylic acids is 1. The van der Waals surface area contributed by atoms with Crippen LogP contribution < -0.4 is 5.32 Å². The Balaban J connectivity index is 2.66. The van der Waals surface area contributed by atoms with Crippen molar-refractivity contribution >= 4 is 29.3 Å². The average molecular weight is 260 g/mol. The van der Waals surface area contributed by atoms with E-state index in [1.165, 1.54) is 11.8 Å². The summed E-state index contributed by atoms with van der Waals surface area (Å²) >= 11 is 7.31. The zero-order chi connectivity index (χ0) is 12.2. The van der Waals surface area contributed by atoms with Crippen molar-refractivity contribution in [1.82, 2.24) is 5.32 Å². The number of carboxylic acid groups (broad SMARTS) is 1. The highest BCUT2D eigenvalue weighted by Crippen LogP contribution is 2.25. The van der Waals surface area contributed by atoms with Crippen molar-refractivity contribution in [2.75, 3.05) is 12.8 Å². The molecule has 0 bridgehead atoms. The van der Waals surface area contributed by atoms with Gasteiger partial charge in [-0.1, -0.05) is 17.7 Å². The highest BCUT2D eigenvalue weighted by atomic mass is 35.5. The van der Waals surface area contributed by atoms with Crippen LogP contribution in [-0.4, -0.2) is 29.4 Å². The SMILES string of the molecule is CNC(C)(CSc1cccc(Cl)c1)C(=O)O. The van der Waals surface area contributed by atoms with E-state index in [4.69, 9.17) is 16.7 Å². The predicted molar refractivity (Wildman–Crippen MR) is 67.3 cm³/mol. The maximum atomic E-state index is 11.0. The van der Waals surface area contributed by atoms with Gasteiger partial charge in [-0.05, 0) is 32.2 Å². The van der Waals surface area contributed by atoms with Gasteiger partial charge in [-0.3, -0.25) is 4.79 Å². The zero-order valence-electron chi connectivity index (χ0n) is 9.16. The molecule has 1 unspecified atom stereocenters. The van der Waals surface area contributed by atoms with Gasteiger partial charge in [0, 0.05) is 15.7 Å². The molecule has 0 heterocycles. The first kappa shape index (κ1) is 13.4. The quantitative estimate of drug-likeness (QED) is 0.798. The van der Waals surface area contributed by atoms with Crippen molar-refractivity contribution in [3.8, 4) is 0 Å². The Hall–Kier alpha value is -0.710. The van der Waals surface area contributed by atoms with Crippen molar-refractivity contribution in [3.05, 3.63) is 29.3 Å². The molecule has 2 N–H and O–H groups in total. The summed E-state index contributed by atoms with van der Waals surface area (Å²) in [6.45, 7) is 1.66. The van der Waals surface area contributed by atoms with Gasteiger partial charge in [0.05, 0.1) is 0 Å². The first-order valence-corrected chi connectivity index (χ1v) is 6.15. The smallest absolute Gasteiger partial charge is 0.324 e. The van der Waals surface area contributed by atoms with Crippen LogP contribution in [0.4, 0.5) is 0 Å². The Kier molecular flexibility index (Phi) is 4.65. The molecule has 0 amide bonds. The number of rotatable bonds is 5. The van der Waals surface area contributed by atoms with Gasteiger partial charge in [0.2, 0.25) is 0 Å². The van der Waals surface area contributed by atoms with E-state index in [-0.39, 0.29) is 0 Å². The van der Waals surface area contributed by atoms with E-state index >= 15 is 0 Å². The Morgan fingerprint density at radius 2 is 2.31 bits per heavy atom. The number of nitrogens with one attached hydrogen (secondary N) is 1. The van der Waals surface area contributed by atoms with Crippen molar-refractivity contribution in [1.29, 1.82) is 0 Å². The van der Waals surface area contributed by atoms with Gasteiger partial charge in [-0.25, -0.2) is 0 Å². The second-order valence-corrected chi connectivity index (χ2v) is 5.12. The minimum Gasteiger partial charge on any atom is -0.480 e. The predicted octanol–water partition coefficient (Wildman–Crippen LogP) is 2.49. The van der Waals surface area contributed by atoms with Crippen LogP contribution in [-0.2, 0) is 4.79 Å². The highest BCUT2D eigenvalue weighted by molar-refractivity contribution is 7.99. The first-order valence-electron chi connectivity index (χ1n) is 4.78. The highest BCUT2D eigenvalue weighted by Gasteiger charge is 2.30. The molecular formula is C11H14ClNO2S. The minimum absolute atomic E-state index is 0.444. The molecule has 0 aliphatic heterocycles. The third-order valence-electron chi connectivity index (χ3n) is 2.35. The fourth-order valence-corrected chi connectivity index (χ4v) is 2.39. The summed E-state index contributed by atoms with van der Waals surface area (Å²) < 4.78 is 0. The second kappa shape index (κ2) is 5.57. The van der Waals surface area contributed by atoms with Gasteiger partial charge in [-0.15, -0.1) is 11.8 Å². The molecule has 5 heteroatoms. The summed E-state index contributed by atoms with van der Waals surface area (Å²) in [4.78, 5) is 12.0. The van der Waals surface area contributed by atoms with E-state index in [1.807, 2.05) is 18.2 Å². The normalized spacial score (nSPS) is 14.4. The molecule has 0 aromatic heterocycles. The molecule has 0 aliphatic rings. The molecular weight excluding hydrogens is 246 g/mol. The maximum Gasteiger partial charge on any atom is 0.324 e. The molecule has 88 valence electrons. The summed E-state index contributed by atoms with van der Waals surface area (Å²) in [5, 5.41) is 12.5. The van der Waals surface area contributed by atoms with Crippen LogP contribution in [0.25, 0.3) is 0 Å². The second-order valence-electron chi connectivity index (χ2n) is 3.63. The van der Waals surface area contributed by atoms with Crippen molar-refractivity contribution < 1.29 is 9.90 Å². The van der Waals surface area contributed by atoms with Crippen LogP contribution in [0.2, 0.25) is 5.02 Å². The Morgan fingerprint density at radius 3 is 2.81 bits per heavy atom. The molecule has 0 saturated heterocycles. The first-order chi connectivity index (χ1) is 7.48. The standard InChI is InChI=1S/C11H14ClNO2S/c1-11(13-2,10(14)15)7-16-9-5-3-4-8(12)6-9/h3-6,13H,7H2,1-2H3,(H,14,15). The van der Waals surface area contributed by atoms with Crippen LogP contribution in [0.3, 0.4) is 0 Å². The van der Waals surface area contributed by atoms with Crippen LogP contribution in [0.15, 0.2) is 29.2 Å². The van der Waals surface area contributed by atoms with Gasteiger partial charge >= 0.3 is 5.97 Å². The molecule has 0 spiro atoms. The van der Waals surface area contributed by atoms with E-state index in [1.54, 1.807) is 20.0 Å². The maximum absolute atomic E-state index is 11.0. The number of carboxylic acids is 1. The van der Waals surface area contributed by atoms with Gasteiger partial charge in [0.25, 0.3) is 0 Å². The molecule has 16 heavy (non-hydrogen) atoms. The summed E-state index contributed by atoms with van der Waals surface area (Å²) in [6.07, 6.45) is 0. The van der Waals surface area contributed by atoms with Crippen LogP contribution in [0.1, 0.15) is 6.92 Å². The number of hydrogen-bond donors (Lipinski definition) is 2. The lowest BCUT2D eigenvalue weighted by molar-refractivity contribution is -0.142. The Bertz CT molecular complexity index is 386. The summed E-state index contributed by atoms with van der Waals surface area (Å²) in [5.41, 5.74) is -0.924. The number of halogens is 1. The molecule has 1 aromatic carbocycles. The molecule has 1 rings (SSSR count). The topological polar surface area (TPSA) is 49.3 Å². The number of likely N-dealkylation sites (N-methyl/N-ethyl adjacent to an activating group) is 1. The van der Waals surface area contributed by atoms with E-state index in [2.05, 4.69) is 5.32 Å². The van der Waals surface area contributed by atoms with Gasteiger partial charge < -0.3 is 10.4 Å². The summed E-state index contributed by atoms with van der Waals surface area (Å²) in [6, 6.07) is 7.38. The minimum atomic E-state index is -0.924. The van der Waals surface area contributed by atoms with E-state index in [0.29, 0.717) is 10.8 Å². The van der Waals surface area contributed by atoms with Crippen molar-refractivity contribution in [2.24, 2.45) is 0 Å². The van der Waals surface area contributed by atoms with E-state index in [0.717, 1.165) is 4.90 Å². The lowest BCUT2D eigenvalue weighted by atomic mass is 10.1. The lowest BCUT2D eigenvalue weighted by Crippen LogP contribution is -2.49. The van der Waals surface area contributed by atoms with Crippen molar-refractivity contribution in [2.45, 2.75) is 17.4 Å². The molecule has 1 aromatic rings. The molecule has 0 aliphatic carbocycles.